The summed E-state index contributed by atoms with van der Waals surface area (Å²) in [7, 11) is -2.31. The van der Waals surface area contributed by atoms with E-state index in [2.05, 4.69) is 25.6 Å². The maximum absolute atomic E-state index is 13.5. The van der Waals surface area contributed by atoms with Crippen LogP contribution in [0, 0.1) is 0 Å². The second-order valence-corrected chi connectivity index (χ2v) is 8.66. The average Bonchev–Trinajstić information content (AvgIpc) is 3.35. The van der Waals surface area contributed by atoms with Crippen LogP contribution in [0.5, 0.6) is 5.75 Å². The summed E-state index contributed by atoms with van der Waals surface area (Å²) < 4.78 is 33.5. The van der Waals surface area contributed by atoms with E-state index >= 15 is 0 Å². The quantitative estimate of drug-likeness (QED) is 0.452. The SMILES string of the molecule is COc1cccc(S(=O)(=O)N(Cc2ccc(-c3nnn[nH]3)cc2)Cc2ccccn2)c1. The number of pyridine rings is 1. The van der Waals surface area contributed by atoms with Gasteiger partial charge in [0, 0.05) is 24.4 Å². The molecule has 0 radical (unpaired) electrons. The highest BCUT2D eigenvalue weighted by Gasteiger charge is 2.26. The molecule has 10 heteroatoms. The van der Waals surface area contributed by atoms with Crippen molar-refractivity contribution in [1.29, 1.82) is 0 Å². The molecule has 0 saturated carbocycles. The van der Waals surface area contributed by atoms with E-state index in [0.29, 0.717) is 17.3 Å². The first kappa shape index (κ1) is 20.6. The van der Waals surface area contributed by atoms with Gasteiger partial charge in [-0.25, -0.2) is 13.5 Å². The molecule has 1 N–H and O–H groups in total. The Kier molecular flexibility index (Phi) is 6.01. The molecule has 31 heavy (non-hydrogen) atoms. The third kappa shape index (κ3) is 4.76. The van der Waals surface area contributed by atoms with Crippen LogP contribution in [-0.2, 0) is 23.1 Å². The Balaban J connectivity index is 1.65. The molecular weight excluding hydrogens is 416 g/mol. The van der Waals surface area contributed by atoms with Crippen LogP contribution in [0.25, 0.3) is 11.4 Å². The Morgan fingerprint density at radius 2 is 1.84 bits per heavy atom. The molecule has 0 aliphatic rings. The van der Waals surface area contributed by atoms with Crippen LogP contribution in [0.1, 0.15) is 11.3 Å². The van der Waals surface area contributed by atoms with Gasteiger partial charge < -0.3 is 4.74 Å². The van der Waals surface area contributed by atoms with Gasteiger partial charge in [0.05, 0.1) is 24.2 Å². The van der Waals surface area contributed by atoms with Crippen molar-refractivity contribution < 1.29 is 13.2 Å². The molecule has 9 nitrogen and oxygen atoms in total. The molecule has 0 spiro atoms. The van der Waals surface area contributed by atoms with Crippen molar-refractivity contribution in [2.75, 3.05) is 7.11 Å². The number of nitrogens with zero attached hydrogens (tertiary/aromatic N) is 5. The van der Waals surface area contributed by atoms with E-state index in [1.807, 2.05) is 30.3 Å². The monoisotopic (exact) mass is 436 g/mol. The third-order valence-electron chi connectivity index (χ3n) is 4.68. The van der Waals surface area contributed by atoms with Gasteiger partial charge in [0.25, 0.3) is 0 Å². The lowest BCUT2D eigenvalue weighted by Crippen LogP contribution is -2.30. The fraction of sp³-hybridized carbons (Fsp3) is 0.143. The van der Waals surface area contributed by atoms with Crippen molar-refractivity contribution in [2.24, 2.45) is 0 Å². The molecule has 0 atom stereocenters. The summed E-state index contributed by atoms with van der Waals surface area (Å²) in [4.78, 5) is 4.45. The minimum Gasteiger partial charge on any atom is -0.497 e. The summed E-state index contributed by atoms with van der Waals surface area (Å²) in [6.45, 7) is 0.305. The number of H-pyrrole nitrogens is 1. The number of sulfonamides is 1. The number of aromatic amines is 1. The van der Waals surface area contributed by atoms with E-state index in [0.717, 1.165) is 11.1 Å². The molecule has 2 aromatic carbocycles. The summed E-state index contributed by atoms with van der Waals surface area (Å²) in [6, 6.07) is 19.3. The minimum atomic E-state index is -3.81. The lowest BCUT2D eigenvalue weighted by Gasteiger charge is -2.22. The topological polar surface area (TPSA) is 114 Å². The van der Waals surface area contributed by atoms with E-state index < -0.39 is 10.0 Å². The number of aromatic nitrogens is 5. The predicted octanol–water partition coefficient (Wildman–Crippen LogP) is 2.66. The van der Waals surface area contributed by atoms with Gasteiger partial charge in [-0.3, -0.25) is 4.98 Å². The molecule has 0 aliphatic carbocycles. The Labute approximate surface area is 179 Å². The normalized spacial score (nSPS) is 11.5. The highest BCUT2D eigenvalue weighted by atomic mass is 32.2. The highest BCUT2D eigenvalue weighted by molar-refractivity contribution is 7.89. The van der Waals surface area contributed by atoms with Crippen LogP contribution in [0.3, 0.4) is 0 Å². The second-order valence-electron chi connectivity index (χ2n) is 6.72. The summed E-state index contributed by atoms with van der Waals surface area (Å²) in [5, 5.41) is 13.7. The van der Waals surface area contributed by atoms with Crippen LogP contribution < -0.4 is 4.74 Å². The zero-order valence-electron chi connectivity index (χ0n) is 16.7. The Bertz CT molecular complexity index is 1230. The van der Waals surface area contributed by atoms with Gasteiger partial charge in [0.15, 0.2) is 5.82 Å². The van der Waals surface area contributed by atoms with Crippen LogP contribution in [0.2, 0.25) is 0 Å². The third-order valence-corrected chi connectivity index (χ3v) is 6.46. The van der Waals surface area contributed by atoms with Crippen molar-refractivity contribution in [3.63, 3.8) is 0 Å². The maximum atomic E-state index is 13.5. The molecule has 0 saturated heterocycles. The fourth-order valence-electron chi connectivity index (χ4n) is 3.06. The van der Waals surface area contributed by atoms with Gasteiger partial charge in [0.2, 0.25) is 10.0 Å². The Hall–Kier alpha value is -3.63. The first-order valence-corrected chi connectivity index (χ1v) is 10.9. The molecule has 0 unspecified atom stereocenters. The van der Waals surface area contributed by atoms with Crippen molar-refractivity contribution in [3.05, 3.63) is 84.2 Å². The highest BCUT2D eigenvalue weighted by Crippen LogP contribution is 2.24. The van der Waals surface area contributed by atoms with Crippen molar-refractivity contribution in [2.45, 2.75) is 18.0 Å². The summed E-state index contributed by atoms with van der Waals surface area (Å²) in [5.41, 5.74) is 2.28. The molecule has 0 amide bonds. The van der Waals surface area contributed by atoms with Gasteiger partial charge >= 0.3 is 0 Å². The van der Waals surface area contributed by atoms with Gasteiger partial charge in [0.1, 0.15) is 5.75 Å². The fourth-order valence-corrected chi connectivity index (χ4v) is 4.50. The number of benzene rings is 2. The molecule has 2 aromatic heterocycles. The van der Waals surface area contributed by atoms with Gasteiger partial charge in [-0.1, -0.05) is 36.4 Å². The number of tetrazole rings is 1. The summed E-state index contributed by atoms with van der Waals surface area (Å²) in [5.74, 6) is 1.02. The van der Waals surface area contributed by atoms with E-state index in [9.17, 15) is 8.42 Å². The van der Waals surface area contributed by atoms with Gasteiger partial charge in [-0.15, -0.1) is 5.10 Å². The first-order chi connectivity index (χ1) is 15.1. The summed E-state index contributed by atoms with van der Waals surface area (Å²) in [6.07, 6.45) is 1.64. The van der Waals surface area contributed by atoms with E-state index in [1.54, 1.807) is 36.5 Å². The van der Waals surface area contributed by atoms with E-state index in [1.165, 1.54) is 17.5 Å². The predicted molar refractivity (Wildman–Crippen MR) is 113 cm³/mol. The zero-order chi connectivity index (χ0) is 21.7. The van der Waals surface area contributed by atoms with Gasteiger partial charge in [-0.05, 0) is 40.3 Å². The number of rotatable bonds is 8. The molecule has 0 aliphatic heterocycles. The largest absolute Gasteiger partial charge is 0.497 e. The molecule has 4 rings (SSSR count). The van der Waals surface area contributed by atoms with Crippen LogP contribution in [0.15, 0.2) is 77.8 Å². The zero-order valence-corrected chi connectivity index (χ0v) is 17.5. The molecule has 2 heterocycles. The van der Waals surface area contributed by atoms with Crippen molar-refractivity contribution in [3.8, 4) is 17.1 Å². The smallest absolute Gasteiger partial charge is 0.243 e. The molecule has 4 aromatic rings. The maximum Gasteiger partial charge on any atom is 0.243 e. The van der Waals surface area contributed by atoms with Crippen molar-refractivity contribution in [1.82, 2.24) is 29.9 Å². The standard InChI is InChI=1S/C21H20N6O3S/c1-30-19-6-4-7-20(13-19)31(28,29)27(15-18-5-2-3-12-22-18)14-16-8-10-17(11-9-16)21-23-25-26-24-21/h2-13H,14-15H2,1H3,(H,23,24,25,26). The Morgan fingerprint density at radius 1 is 1.00 bits per heavy atom. The minimum absolute atomic E-state index is 0.133. The number of nitrogens with one attached hydrogen (secondary N) is 1. The summed E-state index contributed by atoms with van der Waals surface area (Å²) >= 11 is 0. The first-order valence-electron chi connectivity index (χ1n) is 9.43. The number of ether oxygens (including phenoxy) is 1. The number of methoxy groups -OCH3 is 1. The lowest BCUT2D eigenvalue weighted by molar-refractivity contribution is 0.394. The number of hydrogen-bond acceptors (Lipinski definition) is 7. The van der Waals surface area contributed by atoms with Crippen LogP contribution in [-0.4, -0.2) is 45.4 Å². The average molecular weight is 436 g/mol. The van der Waals surface area contributed by atoms with E-state index in [4.69, 9.17) is 4.74 Å². The van der Waals surface area contributed by atoms with Crippen LogP contribution in [0.4, 0.5) is 0 Å². The molecular formula is C21H20N6O3S. The second kappa shape index (κ2) is 9.02. The van der Waals surface area contributed by atoms with Gasteiger partial charge in [-0.2, -0.15) is 4.31 Å². The number of hydrogen-bond donors (Lipinski definition) is 1. The van der Waals surface area contributed by atoms with E-state index in [-0.39, 0.29) is 18.0 Å². The molecule has 0 fully saturated rings. The van der Waals surface area contributed by atoms with Crippen LogP contribution >= 0.6 is 0 Å². The lowest BCUT2D eigenvalue weighted by atomic mass is 10.1. The van der Waals surface area contributed by atoms with Crippen molar-refractivity contribution >= 4 is 10.0 Å². The Morgan fingerprint density at radius 3 is 2.52 bits per heavy atom. The molecule has 158 valence electrons. The molecule has 0 bridgehead atoms.